The van der Waals surface area contributed by atoms with Gasteiger partial charge in [0.05, 0.1) is 12.3 Å². The van der Waals surface area contributed by atoms with Crippen LogP contribution in [0.5, 0.6) is 5.75 Å². The standard InChI is InChI=1S/C27H32N2O5/c1-5-7-8-10-24(30)29-15-13-20-11-12-21(17-22(20)25(29)27(31)32)33-16-14-23-19(4)34-26(28-23)18(3)9-6-2/h5,7-12,17,25H,6,13-16H2,1-4H3,(H,31,32). The first-order chi connectivity index (χ1) is 16.3. The van der Waals surface area contributed by atoms with Gasteiger partial charge >= 0.3 is 5.97 Å². The van der Waals surface area contributed by atoms with Crippen LogP contribution >= 0.6 is 0 Å². The van der Waals surface area contributed by atoms with Crippen LogP contribution in [0, 0.1) is 6.92 Å². The first-order valence-corrected chi connectivity index (χ1v) is 11.6. The van der Waals surface area contributed by atoms with Crippen LogP contribution in [0.2, 0.25) is 0 Å². The highest BCUT2D eigenvalue weighted by molar-refractivity contribution is 5.92. The molecule has 0 spiro atoms. The molecular weight excluding hydrogens is 432 g/mol. The molecule has 1 aliphatic heterocycles. The van der Waals surface area contributed by atoms with Crippen LogP contribution in [0.1, 0.15) is 61.7 Å². The third kappa shape index (κ3) is 5.84. The van der Waals surface area contributed by atoms with E-state index in [0.29, 0.717) is 43.2 Å². The maximum absolute atomic E-state index is 12.6. The van der Waals surface area contributed by atoms with Gasteiger partial charge in [0, 0.05) is 24.6 Å². The number of hydrogen-bond donors (Lipinski definition) is 1. The van der Waals surface area contributed by atoms with Crippen molar-refractivity contribution in [1.29, 1.82) is 0 Å². The van der Waals surface area contributed by atoms with Crippen molar-refractivity contribution in [2.75, 3.05) is 13.2 Å². The zero-order valence-electron chi connectivity index (χ0n) is 20.2. The minimum absolute atomic E-state index is 0.327. The number of amides is 1. The summed E-state index contributed by atoms with van der Waals surface area (Å²) in [7, 11) is 0. The minimum atomic E-state index is -1.06. The number of fused-ring (bicyclic) bond motifs is 1. The summed E-state index contributed by atoms with van der Waals surface area (Å²) in [5.74, 6) is 0.561. The van der Waals surface area contributed by atoms with E-state index in [1.165, 1.54) is 11.0 Å². The Morgan fingerprint density at radius 1 is 1.32 bits per heavy atom. The lowest BCUT2D eigenvalue weighted by molar-refractivity contribution is -0.149. The second kappa shape index (κ2) is 11.5. The fourth-order valence-corrected chi connectivity index (χ4v) is 4.02. The van der Waals surface area contributed by atoms with Crippen LogP contribution in [0.25, 0.3) is 5.57 Å². The summed E-state index contributed by atoms with van der Waals surface area (Å²) in [5, 5.41) is 9.91. The third-order valence-electron chi connectivity index (χ3n) is 5.75. The molecule has 7 heteroatoms. The van der Waals surface area contributed by atoms with Crippen LogP contribution in [0.3, 0.4) is 0 Å². The molecule has 0 fully saturated rings. The van der Waals surface area contributed by atoms with E-state index in [1.807, 2.05) is 32.9 Å². The zero-order valence-corrected chi connectivity index (χ0v) is 20.2. The summed E-state index contributed by atoms with van der Waals surface area (Å²) in [6.45, 7) is 8.50. The van der Waals surface area contributed by atoms with Crippen LogP contribution in [-0.2, 0) is 22.4 Å². The smallest absolute Gasteiger partial charge is 0.331 e. The highest BCUT2D eigenvalue weighted by Crippen LogP contribution is 2.33. The molecule has 0 bridgehead atoms. The number of hydrogen-bond acceptors (Lipinski definition) is 5. The van der Waals surface area contributed by atoms with Crippen LogP contribution in [0.4, 0.5) is 0 Å². The number of rotatable bonds is 9. The molecule has 0 aliphatic carbocycles. The molecule has 0 saturated carbocycles. The van der Waals surface area contributed by atoms with Crippen molar-refractivity contribution < 1.29 is 23.8 Å². The van der Waals surface area contributed by atoms with Gasteiger partial charge in [-0.1, -0.05) is 37.3 Å². The molecular formula is C27H32N2O5. The number of aryl methyl sites for hydroxylation is 1. The van der Waals surface area contributed by atoms with Gasteiger partial charge in [0.25, 0.3) is 0 Å². The molecule has 0 saturated heterocycles. The molecule has 2 heterocycles. The number of carboxylic acids is 1. The lowest BCUT2D eigenvalue weighted by atomic mass is 9.92. The number of aliphatic carboxylic acids is 1. The molecule has 1 atom stereocenters. The molecule has 7 nitrogen and oxygen atoms in total. The van der Waals surface area contributed by atoms with E-state index in [-0.39, 0.29) is 5.91 Å². The fraction of sp³-hybridized carbons (Fsp3) is 0.370. The SMILES string of the molecule is CC=CC=CC(=O)N1CCc2ccc(OCCc3nc(C(C)=CCC)oc3C)cc2C1C(=O)O. The number of oxazole rings is 1. The van der Waals surface area contributed by atoms with Crippen molar-refractivity contribution in [3.05, 3.63) is 77.1 Å². The third-order valence-corrected chi connectivity index (χ3v) is 5.75. The predicted molar refractivity (Wildman–Crippen MR) is 131 cm³/mol. The number of carbonyl (C=O) groups is 2. The van der Waals surface area contributed by atoms with E-state index in [4.69, 9.17) is 9.15 Å². The molecule has 1 aliphatic rings. The summed E-state index contributed by atoms with van der Waals surface area (Å²) in [4.78, 5) is 30.7. The van der Waals surface area contributed by atoms with Crippen molar-refractivity contribution in [3.8, 4) is 5.75 Å². The van der Waals surface area contributed by atoms with Crippen LogP contribution in [-0.4, -0.2) is 40.0 Å². The zero-order chi connectivity index (χ0) is 24.7. The van der Waals surface area contributed by atoms with Gasteiger partial charge in [-0.2, -0.15) is 0 Å². The Balaban J connectivity index is 1.73. The number of ether oxygens (including phenoxy) is 1. The Bertz CT molecular complexity index is 1130. The summed E-state index contributed by atoms with van der Waals surface area (Å²) in [6.07, 6.45) is 10.7. The second-order valence-corrected chi connectivity index (χ2v) is 8.18. The van der Waals surface area contributed by atoms with Gasteiger partial charge in [-0.15, -0.1) is 0 Å². The number of aromatic nitrogens is 1. The molecule has 1 N–H and O–H groups in total. The first-order valence-electron chi connectivity index (χ1n) is 11.6. The average Bonchev–Trinajstić information content (AvgIpc) is 3.18. The number of allylic oxidation sites excluding steroid dienone is 5. The number of nitrogens with zero attached hydrogens (tertiary/aromatic N) is 2. The quantitative estimate of drug-likeness (QED) is 0.412. The van der Waals surface area contributed by atoms with E-state index in [9.17, 15) is 14.7 Å². The van der Waals surface area contributed by atoms with E-state index in [2.05, 4.69) is 18.0 Å². The van der Waals surface area contributed by atoms with Crippen molar-refractivity contribution in [2.45, 2.75) is 53.0 Å². The van der Waals surface area contributed by atoms with Gasteiger partial charge < -0.3 is 19.2 Å². The highest BCUT2D eigenvalue weighted by Gasteiger charge is 2.35. The van der Waals surface area contributed by atoms with E-state index in [0.717, 1.165) is 29.0 Å². The molecule has 1 amide bonds. The number of carbonyl (C=O) groups excluding carboxylic acids is 1. The Labute approximate surface area is 200 Å². The lowest BCUT2D eigenvalue weighted by Gasteiger charge is -2.34. The largest absolute Gasteiger partial charge is 0.493 e. The van der Waals surface area contributed by atoms with Gasteiger partial charge in [0.1, 0.15) is 11.5 Å². The molecule has 3 rings (SSSR count). The summed E-state index contributed by atoms with van der Waals surface area (Å²) >= 11 is 0. The molecule has 0 radical (unpaired) electrons. The molecule has 1 aromatic heterocycles. The monoisotopic (exact) mass is 464 g/mol. The summed E-state index contributed by atoms with van der Waals surface area (Å²) in [5.41, 5.74) is 3.34. The average molecular weight is 465 g/mol. The van der Waals surface area contributed by atoms with Crippen molar-refractivity contribution >= 4 is 17.4 Å². The predicted octanol–water partition coefficient (Wildman–Crippen LogP) is 5.06. The Kier molecular flexibility index (Phi) is 8.46. The first kappa shape index (κ1) is 25.0. The Morgan fingerprint density at radius 2 is 2.12 bits per heavy atom. The maximum atomic E-state index is 12.6. The molecule has 180 valence electrons. The normalized spacial score (nSPS) is 16.3. The Hall–Kier alpha value is -3.61. The van der Waals surface area contributed by atoms with Crippen molar-refractivity contribution in [1.82, 2.24) is 9.88 Å². The van der Waals surface area contributed by atoms with Gasteiger partial charge in [-0.25, -0.2) is 9.78 Å². The molecule has 1 aromatic carbocycles. The molecule has 1 unspecified atom stereocenters. The Morgan fingerprint density at radius 3 is 2.82 bits per heavy atom. The van der Waals surface area contributed by atoms with E-state index < -0.39 is 12.0 Å². The van der Waals surface area contributed by atoms with Gasteiger partial charge in [0.2, 0.25) is 11.8 Å². The van der Waals surface area contributed by atoms with Gasteiger partial charge in [0.15, 0.2) is 6.04 Å². The topological polar surface area (TPSA) is 92.9 Å². The van der Waals surface area contributed by atoms with Crippen LogP contribution < -0.4 is 4.74 Å². The second-order valence-electron chi connectivity index (χ2n) is 8.18. The molecule has 2 aromatic rings. The maximum Gasteiger partial charge on any atom is 0.331 e. The van der Waals surface area contributed by atoms with Gasteiger partial charge in [-0.3, -0.25) is 4.79 Å². The minimum Gasteiger partial charge on any atom is -0.493 e. The van der Waals surface area contributed by atoms with Gasteiger partial charge in [-0.05, 0) is 56.9 Å². The van der Waals surface area contributed by atoms with Crippen LogP contribution in [0.15, 0.2) is 53.0 Å². The number of benzene rings is 1. The van der Waals surface area contributed by atoms with E-state index >= 15 is 0 Å². The molecule has 34 heavy (non-hydrogen) atoms. The fourth-order valence-electron chi connectivity index (χ4n) is 4.02. The van der Waals surface area contributed by atoms with Crippen molar-refractivity contribution in [2.24, 2.45) is 0 Å². The highest BCUT2D eigenvalue weighted by atomic mass is 16.5. The van der Waals surface area contributed by atoms with E-state index in [1.54, 1.807) is 24.3 Å². The lowest BCUT2D eigenvalue weighted by Crippen LogP contribution is -2.42. The number of carboxylic acid groups (broad SMARTS) is 1. The summed E-state index contributed by atoms with van der Waals surface area (Å²) in [6, 6.07) is 4.41. The summed E-state index contributed by atoms with van der Waals surface area (Å²) < 4.78 is 11.7. The van der Waals surface area contributed by atoms with Crippen molar-refractivity contribution in [3.63, 3.8) is 0 Å².